The molecule has 1 amide bonds. The Balaban J connectivity index is 1.39. The fraction of sp³-hybridized carbons (Fsp3) is 0.619. The molecule has 6 heteroatoms. The van der Waals surface area contributed by atoms with E-state index in [0.29, 0.717) is 54.6 Å². The molecule has 0 radical (unpaired) electrons. The van der Waals surface area contributed by atoms with Crippen LogP contribution in [0.25, 0.3) is 0 Å². The van der Waals surface area contributed by atoms with Crippen LogP contribution in [0.15, 0.2) is 12.1 Å². The van der Waals surface area contributed by atoms with Crippen LogP contribution in [0.4, 0.5) is 5.69 Å². The lowest BCUT2D eigenvalue weighted by atomic mass is 9.89. The van der Waals surface area contributed by atoms with E-state index in [0.717, 1.165) is 6.54 Å². The lowest BCUT2D eigenvalue weighted by Crippen LogP contribution is -2.44. The highest BCUT2D eigenvalue weighted by Crippen LogP contribution is 2.41. The minimum absolute atomic E-state index is 0.429. The van der Waals surface area contributed by atoms with Gasteiger partial charge in [0.15, 0.2) is 11.5 Å². The fourth-order valence-electron chi connectivity index (χ4n) is 4.62. The molecular weight excluding hydrogens is 344 g/mol. The van der Waals surface area contributed by atoms with Crippen molar-refractivity contribution in [1.29, 1.82) is 0 Å². The predicted molar refractivity (Wildman–Crippen MR) is 100 cm³/mol. The molecule has 2 heterocycles. The lowest BCUT2D eigenvalue weighted by Gasteiger charge is -2.32. The van der Waals surface area contributed by atoms with Crippen molar-refractivity contribution in [2.24, 2.45) is 5.92 Å². The number of anilines is 1. The number of rotatable bonds is 5. The first kappa shape index (κ1) is 17.0. The van der Waals surface area contributed by atoms with Crippen LogP contribution in [0.3, 0.4) is 0 Å². The second-order valence-electron chi connectivity index (χ2n) is 8.22. The molecule has 0 aromatic heterocycles. The van der Waals surface area contributed by atoms with Gasteiger partial charge < -0.3 is 9.47 Å². The summed E-state index contributed by atoms with van der Waals surface area (Å²) >= 11 is 0. The van der Waals surface area contributed by atoms with E-state index in [4.69, 9.17) is 9.47 Å². The van der Waals surface area contributed by atoms with Gasteiger partial charge in [0, 0.05) is 18.7 Å². The zero-order valence-electron chi connectivity index (χ0n) is 15.6. The summed E-state index contributed by atoms with van der Waals surface area (Å²) in [5.74, 6) is 1.03. The average molecular weight is 370 g/mol. The fourth-order valence-corrected chi connectivity index (χ4v) is 4.62. The standard InChI is InChI=1S/C21H26N2O4/c24-20-16-10-18-19(27-9-8-26-18)11-17(16)23(21(20)25)13-22(15-6-7-15)12-14-4-2-1-3-5-14/h10-11,14-15H,1-9,12-13H2. The molecule has 0 atom stereocenters. The Morgan fingerprint density at radius 1 is 0.963 bits per heavy atom. The number of benzene rings is 1. The highest BCUT2D eigenvalue weighted by Gasteiger charge is 2.41. The Morgan fingerprint density at radius 3 is 2.37 bits per heavy atom. The van der Waals surface area contributed by atoms with Crippen molar-refractivity contribution in [3.63, 3.8) is 0 Å². The van der Waals surface area contributed by atoms with Gasteiger partial charge in [0.1, 0.15) is 13.2 Å². The van der Waals surface area contributed by atoms with Gasteiger partial charge in [-0.3, -0.25) is 19.4 Å². The zero-order valence-corrected chi connectivity index (χ0v) is 15.6. The molecule has 2 aliphatic heterocycles. The van der Waals surface area contributed by atoms with Crippen LogP contribution >= 0.6 is 0 Å². The average Bonchev–Trinajstić information content (AvgIpc) is 3.52. The summed E-state index contributed by atoms with van der Waals surface area (Å²) < 4.78 is 11.2. The first-order chi connectivity index (χ1) is 13.2. The Labute approximate surface area is 159 Å². The predicted octanol–water partition coefficient (Wildman–Crippen LogP) is 2.99. The summed E-state index contributed by atoms with van der Waals surface area (Å²) in [6.45, 7) is 2.49. The first-order valence-corrected chi connectivity index (χ1v) is 10.2. The summed E-state index contributed by atoms with van der Waals surface area (Å²) in [5, 5.41) is 0. The molecular formula is C21H26N2O4. The topological polar surface area (TPSA) is 59.1 Å². The van der Waals surface area contributed by atoms with Crippen molar-refractivity contribution in [3.8, 4) is 11.5 Å². The molecule has 4 aliphatic rings. The van der Waals surface area contributed by atoms with Gasteiger partial charge in [-0.1, -0.05) is 19.3 Å². The van der Waals surface area contributed by atoms with E-state index in [1.165, 1.54) is 44.9 Å². The van der Waals surface area contributed by atoms with Crippen molar-refractivity contribution in [2.45, 2.75) is 51.0 Å². The monoisotopic (exact) mass is 370 g/mol. The normalized spacial score (nSPS) is 22.5. The van der Waals surface area contributed by atoms with Crippen molar-refractivity contribution in [1.82, 2.24) is 4.90 Å². The SMILES string of the molecule is O=C1C(=O)N(CN(CC2CCCCC2)C2CC2)c2cc3c(cc21)OCCO3. The molecule has 2 aliphatic carbocycles. The van der Waals surface area contributed by atoms with Gasteiger partial charge in [-0.25, -0.2) is 0 Å². The molecule has 0 saturated heterocycles. The number of ketones is 1. The molecule has 144 valence electrons. The van der Waals surface area contributed by atoms with Crippen molar-refractivity contribution in [2.75, 3.05) is 31.3 Å². The number of amides is 1. The molecule has 0 N–H and O–H groups in total. The lowest BCUT2D eigenvalue weighted by molar-refractivity contribution is -0.114. The Kier molecular flexibility index (Phi) is 4.31. The van der Waals surface area contributed by atoms with Gasteiger partial charge in [-0.15, -0.1) is 0 Å². The molecule has 27 heavy (non-hydrogen) atoms. The van der Waals surface area contributed by atoms with Crippen LogP contribution in [-0.2, 0) is 4.79 Å². The second kappa shape index (κ2) is 6.82. The van der Waals surface area contributed by atoms with E-state index < -0.39 is 11.7 Å². The Bertz CT molecular complexity index is 768. The maximum Gasteiger partial charge on any atom is 0.300 e. The van der Waals surface area contributed by atoms with Gasteiger partial charge in [-0.05, 0) is 37.7 Å². The van der Waals surface area contributed by atoms with Gasteiger partial charge in [0.05, 0.1) is 17.9 Å². The Hall–Kier alpha value is -2.08. The largest absolute Gasteiger partial charge is 0.486 e. The number of ether oxygens (including phenoxy) is 2. The molecule has 0 unspecified atom stereocenters. The number of fused-ring (bicyclic) bond motifs is 2. The number of hydrogen-bond acceptors (Lipinski definition) is 5. The maximum atomic E-state index is 12.7. The molecule has 6 nitrogen and oxygen atoms in total. The van der Waals surface area contributed by atoms with E-state index in [1.807, 2.05) is 0 Å². The maximum absolute atomic E-state index is 12.7. The summed E-state index contributed by atoms with van der Waals surface area (Å²) in [4.78, 5) is 29.3. The van der Waals surface area contributed by atoms with Crippen LogP contribution in [0, 0.1) is 5.92 Å². The number of Topliss-reactive ketones (excluding diaryl/α,β-unsaturated/α-hetero) is 1. The first-order valence-electron chi connectivity index (χ1n) is 10.2. The smallest absolute Gasteiger partial charge is 0.300 e. The number of carbonyl (C=O) groups excluding carboxylic acids is 2. The van der Waals surface area contributed by atoms with Crippen molar-refractivity contribution < 1.29 is 19.1 Å². The van der Waals surface area contributed by atoms with Crippen LogP contribution in [0.2, 0.25) is 0 Å². The second-order valence-corrected chi connectivity index (χ2v) is 8.22. The summed E-state index contributed by atoms with van der Waals surface area (Å²) in [6, 6.07) is 4.03. The van der Waals surface area contributed by atoms with Crippen LogP contribution < -0.4 is 14.4 Å². The van der Waals surface area contributed by atoms with Crippen LogP contribution in [0.1, 0.15) is 55.3 Å². The van der Waals surface area contributed by atoms with Crippen molar-refractivity contribution >= 4 is 17.4 Å². The zero-order chi connectivity index (χ0) is 18.4. The highest BCUT2D eigenvalue weighted by molar-refractivity contribution is 6.52. The highest BCUT2D eigenvalue weighted by atomic mass is 16.6. The third-order valence-electron chi connectivity index (χ3n) is 6.24. The van der Waals surface area contributed by atoms with E-state index in [1.54, 1.807) is 17.0 Å². The van der Waals surface area contributed by atoms with E-state index in [9.17, 15) is 9.59 Å². The summed E-state index contributed by atoms with van der Waals surface area (Å²) in [5.41, 5.74) is 1.11. The molecule has 2 fully saturated rings. The summed E-state index contributed by atoms with van der Waals surface area (Å²) in [7, 11) is 0. The minimum Gasteiger partial charge on any atom is -0.486 e. The quantitative estimate of drug-likeness (QED) is 0.746. The van der Waals surface area contributed by atoms with Crippen LogP contribution in [-0.4, -0.2) is 49.1 Å². The Morgan fingerprint density at radius 2 is 1.67 bits per heavy atom. The number of nitrogens with zero attached hydrogens (tertiary/aromatic N) is 2. The van der Waals surface area contributed by atoms with Gasteiger partial charge in [0.25, 0.3) is 5.78 Å². The molecule has 1 aromatic rings. The molecule has 5 rings (SSSR count). The third-order valence-corrected chi connectivity index (χ3v) is 6.24. The number of carbonyl (C=O) groups is 2. The number of hydrogen-bond donors (Lipinski definition) is 0. The molecule has 1 aromatic carbocycles. The molecule has 0 bridgehead atoms. The van der Waals surface area contributed by atoms with E-state index >= 15 is 0 Å². The van der Waals surface area contributed by atoms with Crippen LogP contribution in [0.5, 0.6) is 11.5 Å². The summed E-state index contributed by atoms with van der Waals surface area (Å²) in [6.07, 6.45) is 8.93. The van der Waals surface area contributed by atoms with Gasteiger partial charge in [-0.2, -0.15) is 0 Å². The third kappa shape index (κ3) is 3.20. The van der Waals surface area contributed by atoms with Gasteiger partial charge in [0.2, 0.25) is 0 Å². The van der Waals surface area contributed by atoms with Crippen molar-refractivity contribution in [3.05, 3.63) is 17.7 Å². The van der Waals surface area contributed by atoms with E-state index in [2.05, 4.69) is 4.90 Å². The molecule has 2 saturated carbocycles. The van der Waals surface area contributed by atoms with Gasteiger partial charge >= 0.3 is 5.91 Å². The minimum atomic E-state index is -0.435. The van der Waals surface area contributed by atoms with E-state index in [-0.39, 0.29) is 0 Å². The molecule has 0 spiro atoms.